The second kappa shape index (κ2) is 4.82. The molecule has 4 heteroatoms. The number of hydrogen-bond donors (Lipinski definition) is 0. The van der Waals surface area contributed by atoms with Crippen LogP contribution in [0.2, 0.25) is 0 Å². The second-order valence-electron chi connectivity index (χ2n) is 2.82. The van der Waals surface area contributed by atoms with Crippen molar-refractivity contribution in [2.75, 3.05) is 20.0 Å². The van der Waals surface area contributed by atoms with E-state index in [9.17, 15) is 0 Å². The van der Waals surface area contributed by atoms with Gasteiger partial charge < -0.3 is 9.64 Å². The first kappa shape index (κ1) is 10.8. The standard InChI is InChI=1S/C9H14ClNOS/c1-4-7(12-3)6-11(2)9-8(5-10)13-9/h4,6,8-9H,1,5H2,2-3H3/b7-6+/t8-,9?/m0/s1. The summed E-state index contributed by atoms with van der Waals surface area (Å²) in [4.78, 5) is 2.11. The maximum absolute atomic E-state index is 5.72. The molecule has 1 aliphatic heterocycles. The molecule has 0 bridgehead atoms. The Kier molecular flexibility index (Phi) is 4.00. The lowest BCUT2D eigenvalue weighted by atomic mass is 10.4. The SMILES string of the molecule is C=C/C(=C\N(C)C1S[C@H]1CCl)OC. The summed E-state index contributed by atoms with van der Waals surface area (Å²) in [6.45, 7) is 3.65. The average molecular weight is 220 g/mol. The normalized spacial score (nSPS) is 26.8. The van der Waals surface area contributed by atoms with Crippen LogP contribution in [0.1, 0.15) is 0 Å². The van der Waals surface area contributed by atoms with Crippen molar-refractivity contribution in [2.45, 2.75) is 10.6 Å². The fraction of sp³-hybridized carbons (Fsp3) is 0.556. The number of allylic oxidation sites excluding steroid dienone is 1. The molecule has 0 aromatic rings. The average Bonchev–Trinajstić information content (AvgIpc) is 2.92. The smallest absolute Gasteiger partial charge is 0.134 e. The lowest BCUT2D eigenvalue weighted by molar-refractivity contribution is 0.292. The fourth-order valence-corrected chi connectivity index (χ4v) is 2.44. The minimum atomic E-state index is 0.502. The maximum atomic E-state index is 5.72. The molecule has 0 N–H and O–H groups in total. The first-order chi connectivity index (χ1) is 6.22. The summed E-state index contributed by atoms with van der Waals surface area (Å²) in [5.74, 6) is 1.49. The van der Waals surface area contributed by atoms with Crippen molar-refractivity contribution in [3.63, 3.8) is 0 Å². The van der Waals surface area contributed by atoms with Crippen molar-refractivity contribution in [2.24, 2.45) is 0 Å². The third kappa shape index (κ3) is 2.85. The highest BCUT2D eigenvalue weighted by Gasteiger charge is 2.39. The Balaban J connectivity index is 2.44. The van der Waals surface area contributed by atoms with Crippen LogP contribution < -0.4 is 0 Å². The molecule has 0 aromatic heterocycles. The van der Waals surface area contributed by atoms with Gasteiger partial charge in [0, 0.05) is 19.1 Å². The van der Waals surface area contributed by atoms with Gasteiger partial charge in [0.1, 0.15) is 5.76 Å². The zero-order chi connectivity index (χ0) is 9.84. The highest BCUT2D eigenvalue weighted by molar-refractivity contribution is 8.07. The second-order valence-corrected chi connectivity index (χ2v) is 4.49. The van der Waals surface area contributed by atoms with Crippen LogP contribution in [0.5, 0.6) is 0 Å². The molecule has 0 amide bonds. The highest BCUT2D eigenvalue weighted by Crippen LogP contribution is 2.43. The maximum Gasteiger partial charge on any atom is 0.134 e. The molecule has 1 heterocycles. The molecule has 2 atom stereocenters. The molecule has 0 aliphatic carbocycles. The molecular formula is C9H14ClNOS. The summed E-state index contributed by atoms with van der Waals surface area (Å²) < 4.78 is 5.08. The van der Waals surface area contributed by atoms with E-state index in [-0.39, 0.29) is 0 Å². The zero-order valence-corrected chi connectivity index (χ0v) is 9.44. The van der Waals surface area contributed by atoms with Crippen LogP contribution in [0.4, 0.5) is 0 Å². The summed E-state index contributed by atoms with van der Waals surface area (Å²) in [6, 6.07) is 0. The topological polar surface area (TPSA) is 12.5 Å². The molecule has 1 unspecified atom stereocenters. The highest BCUT2D eigenvalue weighted by atomic mass is 35.5. The Morgan fingerprint density at radius 2 is 2.46 bits per heavy atom. The lowest BCUT2D eigenvalue weighted by Crippen LogP contribution is -2.18. The Labute approximate surface area is 88.6 Å². The fourth-order valence-electron chi connectivity index (χ4n) is 1.07. The predicted octanol–water partition coefficient (Wildman–Crippen LogP) is 2.27. The quantitative estimate of drug-likeness (QED) is 0.305. The van der Waals surface area contributed by atoms with Crippen LogP contribution in [0.25, 0.3) is 0 Å². The van der Waals surface area contributed by atoms with Crippen LogP contribution in [0.3, 0.4) is 0 Å². The molecule has 0 spiro atoms. The number of nitrogens with zero attached hydrogens (tertiary/aromatic N) is 1. The first-order valence-electron chi connectivity index (χ1n) is 4.04. The zero-order valence-electron chi connectivity index (χ0n) is 7.87. The Morgan fingerprint density at radius 3 is 2.85 bits per heavy atom. The van der Waals surface area contributed by atoms with E-state index in [2.05, 4.69) is 11.5 Å². The van der Waals surface area contributed by atoms with Crippen molar-refractivity contribution in [3.05, 3.63) is 24.6 Å². The summed E-state index contributed by atoms with van der Waals surface area (Å²) in [7, 11) is 3.66. The molecule has 1 rings (SSSR count). The Morgan fingerprint density at radius 1 is 1.77 bits per heavy atom. The lowest BCUT2D eigenvalue weighted by Gasteiger charge is -2.13. The molecule has 13 heavy (non-hydrogen) atoms. The number of halogens is 1. The predicted molar refractivity (Wildman–Crippen MR) is 58.9 cm³/mol. The summed E-state index contributed by atoms with van der Waals surface area (Å²) in [5, 5.41) is 1.06. The van der Waals surface area contributed by atoms with Crippen LogP contribution >= 0.6 is 23.4 Å². The van der Waals surface area contributed by atoms with E-state index in [0.29, 0.717) is 16.5 Å². The van der Waals surface area contributed by atoms with Gasteiger partial charge in [0.15, 0.2) is 0 Å². The molecule has 0 radical (unpaired) electrons. The van der Waals surface area contributed by atoms with Crippen LogP contribution in [-0.4, -0.2) is 35.6 Å². The number of hydrogen-bond acceptors (Lipinski definition) is 3. The van der Waals surface area contributed by atoms with E-state index in [1.54, 1.807) is 13.2 Å². The number of thioether (sulfide) groups is 1. The van der Waals surface area contributed by atoms with Gasteiger partial charge in [-0.25, -0.2) is 0 Å². The number of methoxy groups -OCH3 is 1. The van der Waals surface area contributed by atoms with E-state index >= 15 is 0 Å². The van der Waals surface area contributed by atoms with E-state index in [0.717, 1.165) is 5.76 Å². The van der Waals surface area contributed by atoms with Gasteiger partial charge in [-0.2, -0.15) is 0 Å². The molecule has 1 aliphatic rings. The molecule has 1 saturated heterocycles. The summed E-state index contributed by atoms with van der Waals surface area (Å²) in [6.07, 6.45) is 3.64. The Hall–Kier alpha value is -0.280. The summed E-state index contributed by atoms with van der Waals surface area (Å²) >= 11 is 7.59. The van der Waals surface area contributed by atoms with Crippen molar-refractivity contribution in [3.8, 4) is 0 Å². The number of alkyl halides is 1. The van der Waals surface area contributed by atoms with Gasteiger partial charge in [0.2, 0.25) is 0 Å². The van der Waals surface area contributed by atoms with E-state index in [4.69, 9.17) is 16.3 Å². The largest absolute Gasteiger partial charge is 0.495 e. The third-order valence-corrected chi connectivity index (χ3v) is 3.79. The van der Waals surface area contributed by atoms with Gasteiger partial charge in [0.05, 0.1) is 17.7 Å². The Bertz CT molecular complexity index is 220. The van der Waals surface area contributed by atoms with Crippen molar-refractivity contribution in [1.82, 2.24) is 4.90 Å². The third-order valence-electron chi connectivity index (χ3n) is 1.88. The monoisotopic (exact) mass is 219 g/mol. The van der Waals surface area contributed by atoms with Crippen molar-refractivity contribution in [1.29, 1.82) is 0 Å². The van der Waals surface area contributed by atoms with Crippen molar-refractivity contribution >= 4 is 23.4 Å². The molecule has 0 saturated carbocycles. The molecule has 2 nitrogen and oxygen atoms in total. The van der Waals surface area contributed by atoms with Gasteiger partial charge in [-0.1, -0.05) is 6.58 Å². The van der Waals surface area contributed by atoms with Gasteiger partial charge in [0.25, 0.3) is 0 Å². The van der Waals surface area contributed by atoms with E-state index < -0.39 is 0 Å². The molecule has 0 aromatic carbocycles. The first-order valence-corrected chi connectivity index (χ1v) is 5.52. The molecule has 1 fully saturated rings. The number of rotatable bonds is 5. The van der Waals surface area contributed by atoms with E-state index in [1.165, 1.54) is 0 Å². The molecular weight excluding hydrogens is 206 g/mol. The van der Waals surface area contributed by atoms with Gasteiger partial charge >= 0.3 is 0 Å². The van der Waals surface area contributed by atoms with Crippen LogP contribution in [0.15, 0.2) is 24.6 Å². The van der Waals surface area contributed by atoms with E-state index in [1.807, 2.05) is 25.0 Å². The van der Waals surface area contributed by atoms with Gasteiger partial charge in [-0.15, -0.1) is 23.4 Å². The minimum absolute atomic E-state index is 0.502. The van der Waals surface area contributed by atoms with Crippen LogP contribution in [-0.2, 0) is 4.74 Å². The minimum Gasteiger partial charge on any atom is -0.495 e. The van der Waals surface area contributed by atoms with Gasteiger partial charge in [-0.05, 0) is 6.08 Å². The summed E-state index contributed by atoms with van der Waals surface area (Å²) in [5.41, 5.74) is 0. The van der Waals surface area contributed by atoms with Crippen LogP contribution in [0, 0.1) is 0 Å². The van der Waals surface area contributed by atoms with Crippen molar-refractivity contribution < 1.29 is 4.74 Å². The number of ether oxygens (including phenoxy) is 1. The molecule has 74 valence electrons. The van der Waals surface area contributed by atoms with Gasteiger partial charge in [-0.3, -0.25) is 0 Å².